The Morgan fingerprint density at radius 1 is 0.545 bits per heavy atom. The lowest BCUT2D eigenvalue weighted by atomic mass is 10.4. The molecule has 0 aliphatic rings. The number of unbranched alkanes of at least 4 members (excludes halogenated alkanes) is 4. The van der Waals surface area contributed by atoms with Gasteiger partial charge in [0.05, 0.1) is 0 Å². The van der Waals surface area contributed by atoms with Gasteiger partial charge in [0.15, 0.2) is 0 Å². The summed E-state index contributed by atoms with van der Waals surface area (Å²) in [7, 11) is 0. The first kappa shape index (κ1) is 29.3. The molecule has 0 unspecified atom stereocenters. The molecule has 2 N–H and O–H groups in total. The molecule has 1 aromatic heterocycles. The number of nitrogens with two attached hydrogens (primary N) is 1. The average molecular weight is 471 g/mol. The minimum Gasteiger partial charge on any atom is -0.368 e. The summed E-state index contributed by atoms with van der Waals surface area (Å²) in [5.41, 5.74) is 6.06. The van der Waals surface area contributed by atoms with Gasteiger partial charge in [-0.05, 0) is 25.7 Å². The van der Waals surface area contributed by atoms with Crippen LogP contribution in [0.1, 0.15) is 79.1 Å². The Morgan fingerprint density at radius 3 is 1.12 bits per heavy atom. The minimum atomic E-state index is 0.134. The van der Waals surface area contributed by atoms with E-state index in [1.54, 1.807) is 0 Å². The van der Waals surface area contributed by atoms with Crippen LogP contribution in [-0.4, -0.2) is 68.3 Å². The number of hydrogen-bond acceptors (Lipinski definition) is 10. The van der Waals surface area contributed by atoms with E-state index in [0.29, 0.717) is 65.2 Å². The molecule has 1 heterocycles. The Hall–Kier alpha value is -1.75. The van der Waals surface area contributed by atoms with Gasteiger partial charge in [0.1, 0.15) is 26.9 Å². The van der Waals surface area contributed by atoms with Crippen LogP contribution in [0.3, 0.4) is 0 Å². The van der Waals surface area contributed by atoms with E-state index >= 15 is 0 Å². The van der Waals surface area contributed by atoms with Crippen molar-refractivity contribution in [2.75, 3.05) is 68.9 Å². The van der Waals surface area contributed by atoms with Gasteiger partial charge in [0.25, 0.3) is 0 Å². The first-order valence-corrected chi connectivity index (χ1v) is 12.5. The molecular formula is C23H46N6O4. The van der Waals surface area contributed by atoms with Crippen molar-refractivity contribution in [3.05, 3.63) is 0 Å². The van der Waals surface area contributed by atoms with Crippen molar-refractivity contribution in [3.8, 4) is 0 Å². The average Bonchev–Trinajstić information content (AvgIpc) is 2.81. The number of aromatic nitrogens is 3. The molecule has 0 saturated heterocycles. The second kappa shape index (κ2) is 19.7. The van der Waals surface area contributed by atoms with Crippen molar-refractivity contribution in [1.29, 1.82) is 0 Å². The lowest BCUT2D eigenvalue weighted by molar-refractivity contribution is 0.0795. The summed E-state index contributed by atoms with van der Waals surface area (Å²) >= 11 is 0. The molecule has 1 aromatic rings. The Balaban J connectivity index is 2.96. The van der Waals surface area contributed by atoms with Crippen molar-refractivity contribution in [2.24, 2.45) is 0 Å². The van der Waals surface area contributed by atoms with Crippen molar-refractivity contribution in [1.82, 2.24) is 15.0 Å². The van der Waals surface area contributed by atoms with Crippen molar-refractivity contribution in [3.63, 3.8) is 0 Å². The maximum absolute atomic E-state index is 6.06. The molecular weight excluding hydrogens is 424 g/mol. The van der Waals surface area contributed by atoms with Crippen LogP contribution in [0.5, 0.6) is 0 Å². The zero-order valence-corrected chi connectivity index (χ0v) is 21.3. The van der Waals surface area contributed by atoms with E-state index in [4.69, 9.17) is 24.7 Å². The Bertz CT molecular complexity index is 526. The Labute approximate surface area is 200 Å². The van der Waals surface area contributed by atoms with E-state index in [1.807, 2.05) is 9.80 Å². The van der Waals surface area contributed by atoms with Crippen LogP contribution in [0.25, 0.3) is 0 Å². The largest absolute Gasteiger partial charge is 0.368 e. The molecule has 10 nitrogen and oxygen atoms in total. The van der Waals surface area contributed by atoms with E-state index in [-0.39, 0.29) is 5.95 Å². The Kier molecular flexibility index (Phi) is 17.5. The smallest absolute Gasteiger partial charge is 0.235 e. The van der Waals surface area contributed by atoms with Gasteiger partial charge in [-0.1, -0.05) is 53.4 Å². The number of anilines is 3. The molecule has 0 aliphatic heterocycles. The molecule has 0 aromatic carbocycles. The van der Waals surface area contributed by atoms with Crippen molar-refractivity contribution in [2.45, 2.75) is 79.1 Å². The molecule has 0 atom stereocenters. The van der Waals surface area contributed by atoms with E-state index in [2.05, 4.69) is 42.6 Å². The normalized spacial score (nSPS) is 11.2. The molecule has 0 spiro atoms. The molecule has 0 radical (unpaired) electrons. The third-order valence-electron chi connectivity index (χ3n) is 4.75. The summed E-state index contributed by atoms with van der Waals surface area (Å²) in [6.45, 7) is 12.4. The number of hydrogen-bond donors (Lipinski definition) is 1. The monoisotopic (exact) mass is 470 g/mol. The van der Waals surface area contributed by atoms with Crippen LogP contribution in [0.4, 0.5) is 17.8 Å². The summed E-state index contributed by atoms with van der Waals surface area (Å²) in [6.07, 6.45) is 8.25. The van der Waals surface area contributed by atoms with Crippen LogP contribution in [0, 0.1) is 0 Å². The molecule has 1 rings (SSSR count). The van der Waals surface area contributed by atoms with Gasteiger partial charge in [0, 0.05) is 26.4 Å². The topological polar surface area (TPSA) is 108 Å². The molecule has 0 fully saturated rings. The second-order valence-electron chi connectivity index (χ2n) is 7.94. The highest BCUT2D eigenvalue weighted by atomic mass is 16.5. The lowest BCUT2D eigenvalue weighted by Crippen LogP contribution is -2.34. The fourth-order valence-electron chi connectivity index (χ4n) is 2.64. The predicted octanol–water partition coefficient (Wildman–Crippen LogP) is 4.16. The maximum Gasteiger partial charge on any atom is 0.235 e. The number of ether oxygens (including phenoxy) is 4. The van der Waals surface area contributed by atoms with Gasteiger partial charge in [-0.25, -0.2) is 0 Å². The summed E-state index contributed by atoms with van der Waals surface area (Å²) in [5.74, 6) is 0.962. The molecule has 0 bridgehead atoms. The van der Waals surface area contributed by atoms with Crippen molar-refractivity contribution >= 4 is 17.8 Å². The number of rotatable bonds is 22. The van der Waals surface area contributed by atoms with Gasteiger partial charge in [-0.15, -0.1) is 0 Å². The van der Waals surface area contributed by atoms with Crippen molar-refractivity contribution < 1.29 is 18.9 Å². The third kappa shape index (κ3) is 13.5. The summed E-state index contributed by atoms with van der Waals surface area (Å²) < 4.78 is 23.3. The molecule has 0 amide bonds. The molecule has 0 saturated carbocycles. The van der Waals surface area contributed by atoms with Crippen LogP contribution in [0.2, 0.25) is 0 Å². The van der Waals surface area contributed by atoms with E-state index in [1.165, 1.54) is 0 Å². The standard InChI is InChI=1S/C23H46N6O4/c1-5-9-13-30-17-28(18-31-14-10-6-2)22-25-21(24)26-23(27-22)29(19-32-15-11-7-3)20-33-16-12-8-4/h5-20H2,1-4H3,(H2,24,25,26,27). The zero-order valence-electron chi connectivity index (χ0n) is 21.3. The first-order chi connectivity index (χ1) is 16.2. The van der Waals surface area contributed by atoms with Crippen LogP contribution < -0.4 is 15.5 Å². The zero-order chi connectivity index (χ0) is 24.2. The van der Waals surface area contributed by atoms with E-state index < -0.39 is 0 Å². The van der Waals surface area contributed by atoms with Gasteiger partial charge in [0.2, 0.25) is 17.8 Å². The quantitative estimate of drug-likeness (QED) is 0.196. The van der Waals surface area contributed by atoms with Gasteiger partial charge in [-0.3, -0.25) is 9.80 Å². The lowest BCUT2D eigenvalue weighted by Gasteiger charge is -2.26. The molecule has 0 aliphatic carbocycles. The summed E-state index contributed by atoms with van der Waals surface area (Å²) in [4.78, 5) is 17.0. The highest BCUT2D eigenvalue weighted by Crippen LogP contribution is 2.16. The minimum absolute atomic E-state index is 0.134. The molecule has 192 valence electrons. The predicted molar refractivity (Wildman–Crippen MR) is 132 cm³/mol. The van der Waals surface area contributed by atoms with E-state index in [9.17, 15) is 0 Å². The fourth-order valence-corrected chi connectivity index (χ4v) is 2.64. The van der Waals surface area contributed by atoms with Crippen LogP contribution in [0.15, 0.2) is 0 Å². The SMILES string of the molecule is CCCCOCN(COCCCC)c1nc(N)nc(N(COCCCC)COCCCC)n1. The van der Waals surface area contributed by atoms with E-state index in [0.717, 1.165) is 51.4 Å². The highest BCUT2D eigenvalue weighted by Gasteiger charge is 2.18. The summed E-state index contributed by atoms with van der Waals surface area (Å²) in [5, 5.41) is 0. The third-order valence-corrected chi connectivity index (χ3v) is 4.75. The molecule has 10 heteroatoms. The molecule has 33 heavy (non-hydrogen) atoms. The maximum atomic E-state index is 6.06. The van der Waals surface area contributed by atoms with Crippen LogP contribution >= 0.6 is 0 Å². The second-order valence-corrected chi connectivity index (χ2v) is 7.94. The first-order valence-electron chi connectivity index (χ1n) is 12.5. The number of nitrogens with zero attached hydrogens (tertiary/aromatic N) is 5. The van der Waals surface area contributed by atoms with Gasteiger partial charge >= 0.3 is 0 Å². The fraction of sp³-hybridized carbons (Fsp3) is 0.870. The van der Waals surface area contributed by atoms with Gasteiger partial charge < -0.3 is 24.7 Å². The highest BCUT2D eigenvalue weighted by molar-refractivity contribution is 5.42. The summed E-state index contributed by atoms with van der Waals surface area (Å²) in [6, 6.07) is 0. The van der Waals surface area contributed by atoms with Gasteiger partial charge in [-0.2, -0.15) is 15.0 Å². The Morgan fingerprint density at radius 2 is 0.848 bits per heavy atom. The number of nitrogen functional groups attached to an aromatic ring is 1. The van der Waals surface area contributed by atoms with Crippen LogP contribution in [-0.2, 0) is 18.9 Å².